The van der Waals surface area contributed by atoms with Crippen LogP contribution >= 0.6 is 12.2 Å². The quantitative estimate of drug-likeness (QED) is 0.725. The number of hydrogen-bond donors (Lipinski definition) is 2. The van der Waals surface area contributed by atoms with Gasteiger partial charge in [0.1, 0.15) is 30.0 Å². The number of aromatic nitrogens is 3. The molecule has 1 amide bonds. The molecule has 1 unspecified atom stereocenters. The van der Waals surface area contributed by atoms with E-state index in [4.69, 9.17) is 21.7 Å². The summed E-state index contributed by atoms with van der Waals surface area (Å²) in [7, 11) is 0. The fraction of sp³-hybridized carbons (Fsp3) is 0.500. The van der Waals surface area contributed by atoms with Gasteiger partial charge in [-0.1, -0.05) is 6.92 Å². The van der Waals surface area contributed by atoms with Crippen molar-refractivity contribution in [2.45, 2.75) is 52.7 Å². The van der Waals surface area contributed by atoms with Gasteiger partial charge in [-0.05, 0) is 38.6 Å². The summed E-state index contributed by atoms with van der Waals surface area (Å²) >= 11 is 5.24. The van der Waals surface area contributed by atoms with Gasteiger partial charge in [0.15, 0.2) is 4.77 Å². The molecule has 26 heavy (non-hydrogen) atoms. The average molecular weight is 376 g/mol. The summed E-state index contributed by atoms with van der Waals surface area (Å²) < 4.78 is 13.7. The van der Waals surface area contributed by atoms with Gasteiger partial charge in [0.2, 0.25) is 5.91 Å². The van der Waals surface area contributed by atoms with E-state index >= 15 is 0 Å². The number of carbonyl (C=O) groups is 1. The number of nitrogens with zero attached hydrogens (tertiary/aromatic N) is 2. The summed E-state index contributed by atoms with van der Waals surface area (Å²) in [5.41, 5.74) is 1.71. The van der Waals surface area contributed by atoms with Crippen LogP contribution in [0.2, 0.25) is 0 Å². The summed E-state index contributed by atoms with van der Waals surface area (Å²) in [5, 5.41) is 9.86. The van der Waals surface area contributed by atoms with Gasteiger partial charge in [0, 0.05) is 24.5 Å². The fourth-order valence-corrected chi connectivity index (χ4v) is 3.29. The number of carbonyl (C=O) groups excluding carboxylic acids is 1. The topological polar surface area (TPSA) is 81.2 Å². The molecule has 0 spiro atoms. The van der Waals surface area contributed by atoms with Crippen molar-refractivity contribution in [3.05, 3.63) is 28.3 Å². The molecule has 1 aromatic heterocycles. The van der Waals surface area contributed by atoms with E-state index in [0.29, 0.717) is 22.8 Å². The predicted molar refractivity (Wildman–Crippen MR) is 101 cm³/mol. The van der Waals surface area contributed by atoms with Gasteiger partial charge in [0.25, 0.3) is 0 Å². The van der Waals surface area contributed by atoms with Gasteiger partial charge in [0.05, 0.1) is 12.3 Å². The third-order valence-corrected chi connectivity index (χ3v) is 4.50. The van der Waals surface area contributed by atoms with E-state index < -0.39 is 0 Å². The average Bonchev–Trinajstić information content (AvgIpc) is 3.11. The number of rotatable bonds is 7. The Bertz CT molecular complexity index is 859. The van der Waals surface area contributed by atoms with E-state index in [2.05, 4.69) is 22.4 Å². The molecular weight excluding hydrogens is 352 g/mol. The number of nitrogens with one attached hydrogen (secondary N) is 2. The minimum Gasteiger partial charge on any atom is -0.492 e. The van der Waals surface area contributed by atoms with Gasteiger partial charge in [-0.3, -0.25) is 14.5 Å². The van der Waals surface area contributed by atoms with Crippen molar-refractivity contribution in [1.29, 1.82) is 0 Å². The summed E-state index contributed by atoms with van der Waals surface area (Å²) in [6.45, 7) is 6.62. The molecule has 1 aliphatic rings. The molecule has 3 rings (SSSR count). The Morgan fingerprint density at radius 3 is 3.04 bits per heavy atom. The van der Waals surface area contributed by atoms with Crippen molar-refractivity contribution in [2.75, 3.05) is 11.9 Å². The molecule has 8 heteroatoms. The number of hydrogen-bond acceptors (Lipinski definition) is 5. The van der Waals surface area contributed by atoms with Crippen LogP contribution < -0.4 is 14.8 Å². The highest BCUT2D eigenvalue weighted by molar-refractivity contribution is 7.71. The third kappa shape index (κ3) is 3.90. The van der Waals surface area contributed by atoms with Gasteiger partial charge < -0.3 is 14.8 Å². The molecule has 1 atom stereocenters. The lowest BCUT2D eigenvalue weighted by Gasteiger charge is -2.14. The molecule has 7 nitrogen and oxygen atoms in total. The maximum Gasteiger partial charge on any atom is 0.244 e. The first-order valence-electron chi connectivity index (χ1n) is 8.92. The molecule has 0 saturated carbocycles. The van der Waals surface area contributed by atoms with Gasteiger partial charge in [-0.2, -0.15) is 5.10 Å². The number of amides is 1. The lowest BCUT2D eigenvalue weighted by molar-refractivity contribution is -0.116. The van der Waals surface area contributed by atoms with Crippen LogP contribution in [0.1, 0.15) is 38.6 Å². The standard InChI is InChI=1S/C18H24N4O3S/c1-4-6-16-20-21-18(26)22(16)10-17(23)19-13-9-14-12(7-11(3)25-14)8-15(13)24-5-2/h8-9,11H,4-7,10H2,1-3H3,(H,19,23)(H,21,26). The SMILES string of the molecule is CCCc1n[nH]c(=S)n1CC(=O)Nc1cc2c(cc1OCC)CC(C)O2. The smallest absolute Gasteiger partial charge is 0.244 e. The number of aryl methyl sites for hydroxylation is 1. The Morgan fingerprint density at radius 2 is 2.31 bits per heavy atom. The lowest BCUT2D eigenvalue weighted by Crippen LogP contribution is -2.21. The maximum atomic E-state index is 12.6. The Kier molecular flexibility index (Phi) is 5.61. The van der Waals surface area contributed by atoms with Crippen LogP contribution in [-0.2, 0) is 24.2 Å². The minimum atomic E-state index is -0.188. The first-order chi connectivity index (χ1) is 12.5. The van der Waals surface area contributed by atoms with Crippen molar-refractivity contribution in [2.24, 2.45) is 0 Å². The molecule has 2 aromatic rings. The van der Waals surface area contributed by atoms with Crippen molar-refractivity contribution in [1.82, 2.24) is 14.8 Å². The largest absolute Gasteiger partial charge is 0.492 e. The monoisotopic (exact) mass is 376 g/mol. The number of ether oxygens (including phenoxy) is 2. The van der Waals surface area contributed by atoms with Crippen molar-refractivity contribution < 1.29 is 14.3 Å². The predicted octanol–water partition coefficient (Wildman–Crippen LogP) is 3.25. The second-order valence-electron chi connectivity index (χ2n) is 6.35. The Morgan fingerprint density at radius 1 is 1.50 bits per heavy atom. The Hall–Kier alpha value is -2.35. The van der Waals surface area contributed by atoms with Crippen LogP contribution in [0.4, 0.5) is 5.69 Å². The number of benzene rings is 1. The normalized spacial score (nSPS) is 15.4. The molecule has 1 aliphatic heterocycles. The summed E-state index contributed by atoms with van der Waals surface area (Å²) in [6, 6.07) is 3.79. The van der Waals surface area contributed by atoms with E-state index in [-0.39, 0.29) is 18.6 Å². The van der Waals surface area contributed by atoms with Crippen LogP contribution in [0, 0.1) is 4.77 Å². The minimum absolute atomic E-state index is 0.102. The van der Waals surface area contributed by atoms with Gasteiger partial charge in [-0.15, -0.1) is 0 Å². The molecule has 0 saturated heterocycles. The molecule has 2 N–H and O–H groups in total. The van der Waals surface area contributed by atoms with Crippen molar-refractivity contribution in [3.63, 3.8) is 0 Å². The second kappa shape index (κ2) is 7.90. The highest BCUT2D eigenvalue weighted by Crippen LogP contribution is 2.38. The van der Waals surface area contributed by atoms with Crippen LogP contribution in [0.25, 0.3) is 0 Å². The van der Waals surface area contributed by atoms with E-state index in [1.807, 2.05) is 26.0 Å². The molecule has 0 radical (unpaired) electrons. The zero-order valence-corrected chi connectivity index (χ0v) is 16.1. The zero-order valence-electron chi connectivity index (χ0n) is 15.3. The summed E-state index contributed by atoms with van der Waals surface area (Å²) in [4.78, 5) is 12.6. The molecule has 1 aromatic carbocycles. The number of H-pyrrole nitrogens is 1. The van der Waals surface area contributed by atoms with Crippen molar-refractivity contribution in [3.8, 4) is 11.5 Å². The summed E-state index contributed by atoms with van der Waals surface area (Å²) in [5.74, 6) is 2.04. The Balaban J connectivity index is 1.80. The van der Waals surface area contributed by atoms with Crippen LogP contribution in [0.15, 0.2) is 12.1 Å². The van der Waals surface area contributed by atoms with Crippen LogP contribution in [0.3, 0.4) is 0 Å². The van der Waals surface area contributed by atoms with Gasteiger partial charge >= 0.3 is 0 Å². The number of aromatic amines is 1. The molecular formula is C18H24N4O3S. The van der Waals surface area contributed by atoms with Gasteiger partial charge in [-0.25, -0.2) is 0 Å². The molecule has 2 heterocycles. The zero-order chi connectivity index (χ0) is 18.7. The third-order valence-electron chi connectivity index (χ3n) is 4.18. The van der Waals surface area contributed by atoms with Crippen molar-refractivity contribution >= 4 is 23.8 Å². The van der Waals surface area contributed by atoms with E-state index in [0.717, 1.165) is 36.4 Å². The summed E-state index contributed by atoms with van der Waals surface area (Å²) in [6.07, 6.45) is 2.66. The number of fused-ring (bicyclic) bond motifs is 1. The highest BCUT2D eigenvalue weighted by Gasteiger charge is 2.23. The highest BCUT2D eigenvalue weighted by atomic mass is 32.1. The first-order valence-corrected chi connectivity index (χ1v) is 9.32. The Labute approximate surface area is 157 Å². The molecule has 0 fully saturated rings. The first kappa shape index (κ1) is 18.4. The van der Waals surface area contributed by atoms with Crippen LogP contribution in [0.5, 0.6) is 11.5 Å². The maximum absolute atomic E-state index is 12.6. The molecule has 140 valence electrons. The molecule has 0 aliphatic carbocycles. The lowest BCUT2D eigenvalue weighted by atomic mass is 10.1. The van der Waals surface area contributed by atoms with E-state index in [1.54, 1.807) is 4.57 Å². The van der Waals surface area contributed by atoms with E-state index in [1.165, 1.54) is 0 Å². The fourth-order valence-electron chi connectivity index (χ4n) is 3.07. The van der Waals surface area contributed by atoms with E-state index in [9.17, 15) is 4.79 Å². The second-order valence-corrected chi connectivity index (χ2v) is 6.74. The molecule has 0 bridgehead atoms. The van der Waals surface area contributed by atoms with Crippen LogP contribution in [-0.4, -0.2) is 33.4 Å². The number of anilines is 1.